The first-order chi connectivity index (χ1) is 13.5. The van der Waals surface area contributed by atoms with E-state index in [1.807, 2.05) is 36.6 Å². The molecule has 1 amide bonds. The molecule has 142 valence electrons. The van der Waals surface area contributed by atoms with Crippen molar-refractivity contribution in [2.75, 3.05) is 5.32 Å². The highest BCUT2D eigenvalue weighted by Crippen LogP contribution is 2.32. The molecule has 0 saturated heterocycles. The maximum Gasteiger partial charge on any atom is 0.303 e. The average Bonchev–Trinajstić information content (AvgIpc) is 3.12. The Morgan fingerprint density at radius 3 is 2.79 bits per heavy atom. The van der Waals surface area contributed by atoms with Crippen LogP contribution in [0.3, 0.4) is 0 Å². The zero-order chi connectivity index (χ0) is 20.1. The van der Waals surface area contributed by atoms with Gasteiger partial charge in [-0.05, 0) is 59.9 Å². The van der Waals surface area contributed by atoms with Gasteiger partial charge in [0.25, 0.3) is 0 Å². The number of hydrogen-bond donors (Lipinski definition) is 2. The number of benzene rings is 2. The Morgan fingerprint density at radius 2 is 2.04 bits per heavy atom. The van der Waals surface area contributed by atoms with Crippen molar-refractivity contribution in [1.82, 2.24) is 0 Å². The number of fused-ring (bicyclic) bond motifs is 1. The largest absolute Gasteiger partial charge is 0.481 e. The molecule has 0 saturated carbocycles. The molecule has 3 aromatic rings. The Labute approximate surface area is 167 Å². The Balaban J connectivity index is 1.82. The molecule has 28 heavy (non-hydrogen) atoms. The van der Waals surface area contributed by atoms with Crippen LogP contribution in [0.25, 0.3) is 10.1 Å². The van der Waals surface area contributed by atoms with Crippen molar-refractivity contribution in [3.8, 4) is 6.07 Å². The van der Waals surface area contributed by atoms with Gasteiger partial charge in [-0.3, -0.25) is 9.59 Å². The summed E-state index contributed by atoms with van der Waals surface area (Å²) in [4.78, 5) is 23.7. The number of nitriles is 1. The summed E-state index contributed by atoms with van der Waals surface area (Å²) in [5.74, 6) is -1.36. The Bertz CT molecular complexity index is 1070. The molecular weight excluding hydrogens is 372 g/mol. The summed E-state index contributed by atoms with van der Waals surface area (Å²) in [7, 11) is 0. The lowest BCUT2D eigenvalue weighted by atomic mass is 9.98. The molecule has 1 atom stereocenters. The first kappa shape index (κ1) is 19.6. The molecule has 0 aliphatic carbocycles. The lowest BCUT2D eigenvalue weighted by Gasteiger charge is -2.15. The number of thiophene rings is 1. The SMILES string of the molecule is CC(C(=O)Nc1cc(C#N)ccc1CCCC(=O)O)c1csc2ccccc12. The molecule has 0 aliphatic rings. The highest BCUT2D eigenvalue weighted by Gasteiger charge is 2.20. The number of carbonyl (C=O) groups is 2. The van der Waals surface area contributed by atoms with E-state index in [0.29, 0.717) is 24.1 Å². The van der Waals surface area contributed by atoms with Gasteiger partial charge in [0.1, 0.15) is 0 Å². The van der Waals surface area contributed by atoms with Gasteiger partial charge in [-0.15, -0.1) is 11.3 Å². The summed E-state index contributed by atoms with van der Waals surface area (Å²) in [5, 5.41) is 24.0. The number of nitrogens with one attached hydrogen (secondary N) is 1. The fourth-order valence-corrected chi connectivity index (χ4v) is 4.18. The van der Waals surface area contributed by atoms with Gasteiger partial charge in [0, 0.05) is 16.8 Å². The molecule has 2 N–H and O–H groups in total. The van der Waals surface area contributed by atoms with E-state index >= 15 is 0 Å². The Hall–Kier alpha value is -3.17. The monoisotopic (exact) mass is 392 g/mol. The summed E-state index contributed by atoms with van der Waals surface area (Å²) >= 11 is 1.61. The summed E-state index contributed by atoms with van der Waals surface area (Å²) in [5.41, 5.74) is 2.82. The van der Waals surface area contributed by atoms with Gasteiger partial charge >= 0.3 is 5.97 Å². The number of aryl methyl sites for hydroxylation is 1. The predicted octanol–water partition coefficient (Wildman–Crippen LogP) is 4.92. The van der Waals surface area contributed by atoms with E-state index in [9.17, 15) is 14.9 Å². The van der Waals surface area contributed by atoms with Crippen LogP contribution in [0, 0.1) is 11.3 Å². The van der Waals surface area contributed by atoms with Crippen LogP contribution in [0.2, 0.25) is 0 Å². The molecule has 0 spiro atoms. The average molecular weight is 392 g/mol. The second kappa shape index (κ2) is 8.68. The highest BCUT2D eigenvalue weighted by molar-refractivity contribution is 7.17. The number of anilines is 1. The van der Waals surface area contributed by atoms with Crippen LogP contribution in [0.4, 0.5) is 5.69 Å². The zero-order valence-electron chi connectivity index (χ0n) is 15.4. The number of hydrogen-bond acceptors (Lipinski definition) is 4. The molecule has 0 bridgehead atoms. The van der Waals surface area contributed by atoms with Gasteiger partial charge in [-0.25, -0.2) is 0 Å². The smallest absolute Gasteiger partial charge is 0.303 e. The second-order valence-electron chi connectivity index (χ2n) is 6.63. The normalized spacial score (nSPS) is 11.7. The number of nitrogens with zero attached hydrogens (tertiary/aromatic N) is 1. The Kier molecular flexibility index (Phi) is 6.07. The second-order valence-corrected chi connectivity index (χ2v) is 7.54. The van der Waals surface area contributed by atoms with Crippen LogP contribution in [0.5, 0.6) is 0 Å². The van der Waals surface area contributed by atoms with E-state index < -0.39 is 5.97 Å². The van der Waals surface area contributed by atoms with E-state index in [2.05, 4.69) is 11.4 Å². The van der Waals surface area contributed by atoms with Gasteiger partial charge in [0.15, 0.2) is 0 Å². The van der Waals surface area contributed by atoms with Crippen molar-refractivity contribution in [2.45, 2.75) is 32.1 Å². The first-order valence-corrected chi connectivity index (χ1v) is 9.89. The molecule has 1 heterocycles. The number of carboxylic acid groups (broad SMARTS) is 1. The van der Waals surface area contributed by atoms with Crippen molar-refractivity contribution in [2.24, 2.45) is 0 Å². The first-order valence-electron chi connectivity index (χ1n) is 9.01. The Morgan fingerprint density at radius 1 is 1.25 bits per heavy atom. The minimum atomic E-state index is -0.850. The van der Waals surface area contributed by atoms with Crippen molar-refractivity contribution >= 4 is 39.0 Å². The third kappa shape index (κ3) is 4.38. The molecular formula is C22H20N2O3S. The molecule has 1 unspecified atom stereocenters. The number of aliphatic carboxylic acids is 1. The van der Waals surface area contributed by atoms with Crippen LogP contribution in [-0.4, -0.2) is 17.0 Å². The molecule has 0 aliphatic heterocycles. The minimum absolute atomic E-state index is 0.0602. The quantitative estimate of drug-likeness (QED) is 0.597. The molecule has 1 aromatic heterocycles. The summed E-state index contributed by atoms with van der Waals surface area (Å²) < 4.78 is 1.14. The summed E-state index contributed by atoms with van der Waals surface area (Å²) in [6.45, 7) is 1.86. The predicted molar refractivity (Wildman–Crippen MR) is 111 cm³/mol. The molecule has 0 fully saturated rings. The molecule has 5 nitrogen and oxygen atoms in total. The highest BCUT2D eigenvalue weighted by atomic mass is 32.1. The van der Waals surface area contributed by atoms with Crippen LogP contribution in [0.15, 0.2) is 47.8 Å². The van der Waals surface area contributed by atoms with Crippen molar-refractivity contribution < 1.29 is 14.7 Å². The number of amides is 1. The van der Waals surface area contributed by atoms with Crippen LogP contribution in [-0.2, 0) is 16.0 Å². The van der Waals surface area contributed by atoms with E-state index in [1.165, 1.54) is 0 Å². The maximum absolute atomic E-state index is 12.9. The van der Waals surface area contributed by atoms with Crippen LogP contribution >= 0.6 is 11.3 Å². The molecule has 3 rings (SSSR count). The van der Waals surface area contributed by atoms with Gasteiger partial charge in [-0.2, -0.15) is 5.26 Å². The van der Waals surface area contributed by atoms with Crippen molar-refractivity contribution in [1.29, 1.82) is 5.26 Å². The van der Waals surface area contributed by atoms with E-state index in [-0.39, 0.29) is 18.2 Å². The molecule has 2 aromatic carbocycles. The van der Waals surface area contributed by atoms with Gasteiger partial charge in [0.2, 0.25) is 5.91 Å². The van der Waals surface area contributed by atoms with Crippen LogP contribution < -0.4 is 5.32 Å². The van der Waals surface area contributed by atoms with Crippen LogP contribution in [0.1, 0.15) is 42.4 Å². The van der Waals surface area contributed by atoms with Crippen molar-refractivity contribution in [3.63, 3.8) is 0 Å². The number of rotatable bonds is 7. The number of carbonyl (C=O) groups excluding carboxylic acids is 1. The van der Waals surface area contributed by atoms with Gasteiger partial charge in [0.05, 0.1) is 17.6 Å². The number of carboxylic acids is 1. The third-order valence-corrected chi connectivity index (χ3v) is 5.69. The lowest BCUT2D eigenvalue weighted by Crippen LogP contribution is -2.19. The van der Waals surface area contributed by atoms with Gasteiger partial charge in [-0.1, -0.05) is 24.3 Å². The molecule has 6 heteroatoms. The maximum atomic E-state index is 12.9. The summed E-state index contributed by atoms with van der Waals surface area (Å²) in [6, 6.07) is 15.2. The van der Waals surface area contributed by atoms with E-state index in [0.717, 1.165) is 21.2 Å². The van der Waals surface area contributed by atoms with E-state index in [1.54, 1.807) is 29.5 Å². The fourth-order valence-electron chi connectivity index (χ4n) is 3.13. The van der Waals surface area contributed by atoms with Gasteiger partial charge < -0.3 is 10.4 Å². The minimum Gasteiger partial charge on any atom is -0.481 e. The lowest BCUT2D eigenvalue weighted by molar-refractivity contribution is -0.137. The van der Waals surface area contributed by atoms with E-state index in [4.69, 9.17) is 5.11 Å². The summed E-state index contributed by atoms with van der Waals surface area (Å²) in [6.07, 6.45) is 1.04. The molecule has 0 radical (unpaired) electrons. The zero-order valence-corrected chi connectivity index (χ0v) is 16.3. The van der Waals surface area contributed by atoms with Crippen molar-refractivity contribution in [3.05, 3.63) is 64.5 Å². The fraction of sp³-hybridized carbons (Fsp3) is 0.227. The topological polar surface area (TPSA) is 90.2 Å². The third-order valence-electron chi connectivity index (χ3n) is 4.70. The standard InChI is InChI=1S/C22H20N2O3S/c1-14(18-13-28-20-7-3-2-6-17(18)20)22(27)24-19-11-15(12-23)9-10-16(19)5-4-8-21(25)26/h2-3,6-7,9-11,13-14H,4-5,8H2,1H3,(H,24,27)(H,25,26).